The lowest BCUT2D eigenvalue weighted by molar-refractivity contribution is 0.0747. The van der Waals surface area contributed by atoms with Crippen LogP contribution in [-0.2, 0) is 24.2 Å². The van der Waals surface area contributed by atoms with Crippen LogP contribution in [0.4, 0.5) is 4.39 Å². The monoisotopic (exact) mass is 386 g/mol. The van der Waals surface area contributed by atoms with Crippen LogP contribution in [0, 0.1) is 5.82 Å². The molecule has 2 heterocycles. The van der Waals surface area contributed by atoms with Gasteiger partial charge in [-0.3, -0.25) is 4.79 Å². The normalized spacial score (nSPS) is 13.8. The summed E-state index contributed by atoms with van der Waals surface area (Å²) in [5.41, 5.74) is 3.67. The molecule has 1 aliphatic rings. The van der Waals surface area contributed by atoms with Crippen molar-refractivity contribution in [3.63, 3.8) is 0 Å². The highest BCUT2D eigenvalue weighted by molar-refractivity contribution is 6.33. The second-order valence-corrected chi connectivity index (χ2v) is 7.16. The first-order valence-corrected chi connectivity index (χ1v) is 9.29. The summed E-state index contributed by atoms with van der Waals surface area (Å²) in [6, 6.07) is 10.0. The van der Waals surface area contributed by atoms with Crippen LogP contribution in [0.1, 0.15) is 21.5 Å². The predicted octanol–water partition coefficient (Wildman–Crippen LogP) is 4.28. The molecule has 3 aromatic rings. The maximum absolute atomic E-state index is 13.6. The zero-order valence-electron chi connectivity index (χ0n) is 15.0. The SMILES string of the molecule is COCCn1cc2c3c(cccc31)CN(C(=O)c1cc(F)ccc1Cl)CC2. The number of nitrogens with zero attached hydrogens (tertiary/aromatic N) is 2. The number of amides is 1. The Labute approximate surface area is 162 Å². The number of hydrogen-bond acceptors (Lipinski definition) is 2. The molecule has 0 saturated carbocycles. The van der Waals surface area contributed by atoms with Gasteiger partial charge in [-0.25, -0.2) is 4.39 Å². The Balaban J connectivity index is 1.69. The van der Waals surface area contributed by atoms with Gasteiger partial charge in [0.15, 0.2) is 0 Å². The minimum Gasteiger partial charge on any atom is -0.383 e. The number of carbonyl (C=O) groups is 1. The number of hydrogen-bond donors (Lipinski definition) is 0. The van der Waals surface area contributed by atoms with Crippen LogP contribution >= 0.6 is 11.6 Å². The number of aromatic nitrogens is 1. The first kappa shape index (κ1) is 18.0. The molecule has 4 rings (SSSR count). The fourth-order valence-corrected chi connectivity index (χ4v) is 3.96. The highest BCUT2D eigenvalue weighted by Gasteiger charge is 2.24. The summed E-state index contributed by atoms with van der Waals surface area (Å²) < 4.78 is 21.0. The highest BCUT2D eigenvalue weighted by atomic mass is 35.5. The molecule has 6 heteroatoms. The largest absolute Gasteiger partial charge is 0.383 e. The molecule has 1 aromatic heterocycles. The van der Waals surface area contributed by atoms with Crippen LogP contribution < -0.4 is 0 Å². The van der Waals surface area contributed by atoms with Crippen LogP contribution in [0.3, 0.4) is 0 Å². The summed E-state index contributed by atoms with van der Waals surface area (Å²) in [6.45, 7) is 2.47. The molecule has 0 N–H and O–H groups in total. The van der Waals surface area contributed by atoms with Gasteiger partial charge in [-0.05, 0) is 41.8 Å². The molecule has 1 amide bonds. The van der Waals surface area contributed by atoms with Crippen molar-refractivity contribution in [2.75, 3.05) is 20.3 Å². The minimum absolute atomic E-state index is 0.209. The van der Waals surface area contributed by atoms with E-state index in [0.29, 0.717) is 19.7 Å². The molecule has 4 nitrogen and oxygen atoms in total. The quantitative estimate of drug-likeness (QED) is 0.670. The number of halogens is 2. The van der Waals surface area contributed by atoms with Gasteiger partial charge in [0.05, 0.1) is 17.2 Å². The van der Waals surface area contributed by atoms with Crippen molar-refractivity contribution in [2.24, 2.45) is 0 Å². The first-order valence-electron chi connectivity index (χ1n) is 8.91. The summed E-state index contributed by atoms with van der Waals surface area (Å²) in [7, 11) is 1.70. The second-order valence-electron chi connectivity index (χ2n) is 6.75. The van der Waals surface area contributed by atoms with E-state index in [1.54, 1.807) is 12.0 Å². The van der Waals surface area contributed by atoms with Gasteiger partial charge in [0, 0.05) is 43.8 Å². The Kier molecular flexibility index (Phi) is 4.89. The van der Waals surface area contributed by atoms with Crippen LogP contribution in [0.25, 0.3) is 10.9 Å². The Morgan fingerprint density at radius 2 is 2.11 bits per heavy atom. The maximum Gasteiger partial charge on any atom is 0.255 e. The number of carbonyl (C=O) groups excluding carboxylic acids is 1. The van der Waals surface area contributed by atoms with E-state index in [2.05, 4.69) is 16.8 Å². The summed E-state index contributed by atoms with van der Waals surface area (Å²) in [6.07, 6.45) is 2.89. The molecule has 0 atom stereocenters. The van der Waals surface area contributed by atoms with E-state index in [4.69, 9.17) is 16.3 Å². The highest BCUT2D eigenvalue weighted by Crippen LogP contribution is 2.30. The van der Waals surface area contributed by atoms with Crippen LogP contribution in [-0.4, -0.2) is 35.6 Å². The summed E-state index contributed by atoms with van der Waals surface area (Å²) in [4.78, 5) is 14.7. The van der Waals surface area contributed by atoms with Crippen molar-refractivity contribution in [2.45, 2.75) is 19.5 Å². The fraction of sp³-hybridized carbons (Fsp3) is 0.286. The number of rotatable bonds is 4. The molecule has 0 radical (unpaired) electrons. The number of methoxy groups -OCH3 is 1. The van der Waals surface area contributed by atoms with E-state index in [1.807, 2.05) is 12.1 Å². The number of ether oxygens (including phenoxy) is 1. The molecule has 0 spiro atoms. The molecule has 1 aliphatic heterocycles. The molecule has 0 saturated heterocycles. The van der Waals surface area contributed by atoms with Gasteiger partial charge in [0.2, 0.25) is 0 Å². The molecule has 27 heavy (non-hydrogen) atoms. The summed E-state index contributed by atoms with van der Waals surface area (Å²) in [5.74, 6) is -0.704. The van der Waals surface area contributed by atoms with E-state index < -0.39 is 5.82 Å². The molecule has 140 valence electrons. The van der Waals surface area contributed by atoms with E-state index >= 15 is 0 Å². The van der Waals surface area contributed by atoms with E-state index in [0.717, 1.165) is 24.0 Å². The van der Waals surface area contributed by atoms with E-state index in [-0.39, 0.29) is 16.5 Å². The topological polar surface area (TPSA) is 34.5 Å². The van der Waals surface area contributed by atoms with Gasteiger partial charge in [0.25, 0.3) is 5.91 Å². The van der Waals surface area contributed by atoms with Gasteiger partial charge in [-0.2, -0.15) is 0 Å². The zero-order chi connectivity index (χ0) is 19.0. The van der Waals surface area contributed by atoms with Gasteiger partial charge in [-0.15, -0.1) is 0 Å². The fourth-order valence-electron chi connectivity index (χ4n) is 3.76. The van der Waals surface area contributed by atoms with E-state index in [1.165, 1.54) is 29.1 Å². The maximum atomic E-state index is 13.6. The Morgan fingerprint density at radius 3 is 2.93 bits per heavy atom. The Bertz CT molecular complexity index is 1010. The van der Waals surface area contributed by atoms with Crippen molar-refractivity contribution >= 4 is 28.4 Å². The van der Waals surface area contributed by atoms with Gasteiger partial charge in [0.1, 0.15) is 5.82 Å². The van der Waals surface area contributed by atoms with Crippen molar-refractivity contribution in [1.82, 2.24) is 9.47 Å². The standard InChI is InChI=1S/C21H20ClFN2O2/c1-27-10-9-24-12-15-7-8-25(13-14-3-2-4-19(24)20(14)15)21(26)17-11-16(23)5-6-18(17)22/h2-6,11-12H,7-10,13H2,1H3. The average Bonchev–Trinajstić information content (AvgIpc) is 2.92. The minimum atomic E-state index is -0.462. The molecule has 0 aliphatic carbocycles. The molecule has 0 fully saturated rings. The lowest BCUT2D eigenvalue weighted by Crippen LogP contribution is -2.31. The average molecular weight is 387 g/mol. The molecular weight excluding hydrogens is 367 g/mol. The van der Waals surface area contributed by atoms with Crippen molar-refractivity contribution < 1.29 is 13.9 Å². The lowest BCUT2D eigenvalue weighted by atomic mass is 10.1. The lowest BCUT2D eigenvalue weighted by Gasteiger charge is -2.22. The smallest absolute Gasteiger partial charge is 0.255 e. The van der Waals surface area contributed by atoms with E-state index in [9.17, 15) is 9.18 Å². The van der Waals surface area contributed by atoms with Gasteiger partial charge in [-0.1, -0.05) is 23.7 Å². The molecule has 2 aromatic carbocycles. The van der Waals surface area contributed by atoms with Crippen LogP contribution in [0.2, 0.25) is 5.02 Å². The zero-order valence-corrected chi connectivity index (χ0v) is 15.8. The summed E-state index contributed by atoms with van der Waals surface area (Å²) >= 11 is 6.14. The van der Waals surface area contributed by atoms with Crippen LogP contribution in [0.5, 0.6) is 0 Å². The number of benzene rings is 2. The Morgan fingerprint density at radius 1 is 1.26 bits per heavy atom. The third-order valence-electron chi connectivity index (χ3n) is 5.07. The van der Waals surface area contributed by atoms with Crippen molar-refractivity contribution in [3.05, 3.63) is 70.1 Å². The second kappa shape index (κ2) is 7.33. The van der Waals surface area contributed by atoms with Crippen molar-refractivity contribution in [1.29, 1.82) is 0 Å². The van der Waals surface area contributed by atoms with Crippen molar-refractivity contribution in [3.8, 4) is 0 Å². The molecular formula is C21H20ClFN2O2. The predicted molar refractivity (Wildman–Crippen MR) is 104 cm³/mol. The summed E-state index contributed by atoms with van der Waals surface area (Å²) in [5, 5.41) is 1.47. The molecule has 0 bridgehead atoms. The van der Waals surface area contributed by atoms with Gasteiger partial charge >= 0.3 is 0 Å². The first-order chi connectivity index (χ1) is 13.1. The third kappa shape index (κ3) is 3.33. The third-order valence-corrected chi connectivity index (χ3v) is 5.40. The van der Waals surface area contributed by atoms with Gasteiger partial charge < -0.3 is 14.2 Å². The molecule has 0 unspecified atom stereocenters. The van der Waals surface area contributed by atoms with Crippen LogP contribution in [0.15, 0.2) is 42.6 Å². The Hall–Kier alpha value is -2.37.